The van der Waals surface area contributed by atoms with Gasteiger partial charge in [-0.2, -0.15) is 0 Å². The van der Waals surface area contributed by atoms with E-state index in [1.807, 2.05) is 47.6 Å². The average molecular weight is 297 g/mol. The molecule has 0 N–H and O–H groups in total. The lowest BCUT2D eigenvalue weighted by Crippen LogP contribution is -2.42. The van der Waals surface area contributed by atoms with Gasteiger partial charge in [0.15, 0.2) is 0 Å². The normalized spacial score (nSPS) is 17.4. The molecule has 0 aliphatic carbocycles. The van der Waals surface area contributed by atoms with Gasteiger partial charge in [0.1, 0.15) is 0 Å². The van der Waals surface area contributed by atoms with Crippen LogP contribution in [0.3, 0.4) is 0 Å². The molecule has 0 bridgehead atoms. The molecule has 3 heteroatoms. The van der Waals surface area contributed by atoms with Crippen LogP contribution in [0.5, 0.6) is 0 Å². The van der Waals surface area contributed by atoms with Gasteiger partial charge in [-0.25, -0.2) is 0 Å². The number of amides is 1. The van der Waals surface area contributed by atoms with Gasteiger partial charge in [-0.1, -0.05) is 30.3 Å². The highest BCUT2D eigenvalue weighted by atomic mass is 32.2. The zero-order valence-electron chi connectivity index (χ0n) is 12.4. The smallest absolute Gasteiger partial charge is 0.259 e. The number of fused-ring (bicyclic) bond motifs is 1. The van der Waals surface area contributed by atoms with Crippen LogP contribution in [-0.2, 0) is 6.42 Å². The fourth-order valence-corrected chi connectivity index (χ4v) is 3.54. The zero-order valence-corrected chi connectivity index (χ0v) is 13.2. The van der Waals surface area contributed by atoms with Crippen LogP contribution in [0, 0.1) is 0 Å². The number of hydrogen-bond donors (Lipinski definition) is 0. The second-order valence-corrected chi connectivity index (χ2v) is 6.24. The van der Waals surface area contributed by atoms with Gasteiger partial charge in [0.2, 0.25) is 0 Å². The molecule has 0 saturated carbocycles. The minimum Gasteiger partial charge on any atom is -0.305 e. The van der Waals surface area contributed by atoms with Gasteiger partial charge in [0.05, 0.1) is 5.56 Å². The second-order valence-electron chi connectivity index (χ2n) is 5.39. The molecule has 1 unspecified atom stereocenters. The lowest BCUT2D eigenvalue weighted by atomic mass is 9.96. The maximum absolute atomic E-state index is 13.1. The number of carbonyl (C=O) groups is 1. The summed E-state index contributed by atoms with van der Waals surface area (Å²) in [7, 11) is 0. The highest BCUT2D eigenvalue weighted by Gasteiger charge is 2.29. The van der Waals surface area contributed by atoms with Crippen LogP contribution < -0.4 is 4.90 Å². The Morgan fingerprint density at radius 1 is 1.14 bits per heavy atom. The standard InChI is InChI=1S/C18H19NOS/c1-13-11-12-14-7-3-5-9-16(14)19(13)18(20)15-8-4-6-10-17(15)21-2/h3-10,13H,11-12H2,1-2H3. The molecule has 1 amide bonds. The molecule has 1 heterocycles. The second kappa shape index (κ2) is 5.94. The van der Waals surface area contributed by atoms with Crippen molar-refractivity contribution in [3.8, 4) is 0 Å². The molecule has 0 saturated heterocycles. The predicted molar refractivity (Wildman–Crippen MR) is 89.3 cm³/mol. The summed E-state index contributed by atoms with van der Waals surface area (Å²) >= 11 is 1.62. The number of nitrogens with zero attached hydrogens (tertiary/aromatic N) is 1. The molecule has 2 nitrogen and oxygen atoms in total. The third-order valence-corrected chi connectivity index (χ3v) is 4.88. The first-order valence-corrected chi connectivity index (χ1v) is 8.49. The third kappa shape index (κ3) is 2.58. The summed E-state index contributed by atoms with van der Waals surface area (Å²) in [5.41, 5.74) is 3.14. The van der Waals surface area contributed by atoms with E-state index in [2.05, 4.69) is 19.1 Å². The maximum atomic E-state index is 13.1. The highest BCUT2D eigenvalue weighted by molar-refractivity contribution is 7.98. The molecule has 0 fully saturated rings. The highest BCUT2D eigenvalue weighted by Crippen LogP contribution is 2.33. The Hall–Kier alpha value is -1.74. The van der Waals surface area contributed by atoms with E-state index < -0.39 is 0 Å². The quantitative estimate of drug-likeness (QED) is 0.766. The Morgan fingerprint density at radius 2 is 1.86 bits per heavy atom. The Balaban J connectivity index is 2.05. The van der Waals surface area contributed by atoms with Crippen LogP contribution in [-0.4, -0.2) is 18.2 Å². The van der Waals surface area contributed by atoms with Gasteiger partial charge in [-0.15, -0.1) is 11.8 Å². The maximum Gasteiger partial charge on any atom is 0.259 e. The summed E-state index contributed by atoms with van der Waals surface area (Å²) in [6, 6.07) is 16.3. The number of hydrogen-bond acceptors (Lipinski definition) is 2. The van der Waals surface area contributed by atoms with Crippen molar-refractivity contribution in [3.05, 3.63) is 59.7 Å². The lowest BCUT2D eigenvalue weighted by Gasteiger charge is -2.35. The fourth-order valence-electron chi connectivity index (χ4n) is 2.95. The summed E-state index contributed by atoms with van der Waals surface area (Å²) < 4.78 is 0. The van der Waals surface area contributed by atoms with Gasteiger partial charge in [0, 0.05) is 16.6 Å². The van der Waals surface area contributed by atoms with E-state index in [9.17, 15) is 4.79 Å². The molecule has 2 aromatic rings. The Labute approximate surface area is 130 Å². The SMILES string of the molecule is CSc1ccccc1C(=O)N1c2ccccc2CCC1C. The molecule has 1 aliphatic rings. The fraction of sp³-hybridized carbons (Fsp3) is 0.278. The van der Waals surface area contributed by atoms with Crippen molar-refractivity contribution in [3.63, 3.8) is 0 Å². The van der Waals surface area contributed by atoms with Gasteiger partial charge in [-0.3, -0.25) is 4.79 Å². The molecule has 0 spiro atoms. The van der Waals surface area contributed by atoms with Gasteiger partial charge >= 0.3 is 0 Å². The van der Waals surface area contributed by atoms with Crippen molar-refractivity contribution in [2.75, 3.05) is 11.2 Å². The molecule has 108 valence electrons. The molecule has 0 aromatic heterocycles. The van der Waals surface area contributed by atoms with E-state index in [0.717, 1.165) is 29.0 Å². The molecule has 1 aliphatic heterocycles. The number of thioether (sulfide) groups is 1. The summed E-state index contributed by atoms with van der Waals surface area (Å²) in [6.45, 7) is 2.13. The molecule has 0 radical (unpaired) electrons. The predicted octanol–water partition coefficient (Wildman–Crippen LogP) is 4.39. The van der Waals surface area contributed by atoms with Crippen LogP contribution in [0.4, 0.5) is 5.69 Å². The minimum absolute atomic E-state index is 0.111. The number of anilines is 1. The number of para-hydroxylation sites is 1. The number of rotatable bonds is 2. The number of aryl methyl sites for hydroxylation is 1. The Bertz CT molecular complexity index is 668. The Morgan fingerprint density at radius 3 is 2.67 bits per heavy atom. The first-order valence-electron chi connectivity index (χ1n) is 7.27. The van der Waals surface area contributed by atoms with Crippen molar-refractivity contribution in [2.45, 2.75) is 30.7 Å². The summed E-state index contributed by atoms with van der Waals surface area (Å²) in [5.74, 6) is 0.111. The molecule has 21 heavy (non-hydrogen) atoms. The largest absolute Gasteiger partial charge is 0.305 e. The molecule has 1 atom stereocenters. The van der Waals surface area contributed by atoms with Crippen molar-refractivity contribution in [1.82, 2.24) is 0 Å². The van der Waals surface area contributed by atoms with E-state index in [-0.39, 0.29) is 11.9 Å². The zero-order chi connectivity index (χ0) is 14.8. The van der Waals surface area contributed by atoms with Gasteiger partial charge in [0.25, 0.3) is 5.91 Å². The van der Waals surface area contributed by atoms with E-state index in [1.54, 1.807) is 11.8 Å². The van der Waals surface area contributed by atoms with E-state index in [4.69, 9.17) is 0 Å². The summed E-state index contributed by atoms with van der Waals surface area (Å²) in [6.07, 6.45) is 4.08. The molecular formula is C18H19NOS. The van der Waals surface area contributed by atoms with Crippen LogP contribution in [0.25, 0.3) is 0 Å². The molecule has 3 rings (SSSR count). The third-order valence-electron chi connectivity index (χ3n) is 4.08. The summed E-state index contributed by atoms with van der Waals surface area (Å²) in [4.78, 5) is 16.1. The average Bonchev–Trinajstić information content (AvgIpc) is 2.54. The van der Waals surface area contributed by atoms with Crippen molar-refractivity contribution in [1.29, 1.82) is 0 Å². The van der Waals surface area contributed by atoms with Crippen molar-refractivity contribution >= 4 is 23.4 Å². The molecular weight excluding hydrogens is 278 g/mol. The van der Waals surface area contributed by atoms with Gasteiger partial charge < -0.3 is 4.90 Å². The van der Waals surface area contributed by atoms with E-state index in [1.165, 1.54) is 5.56 Å². The monoisotopic (exact) mass is 297 g/mol. The number of carbonyl (C=O) groups excluding carboxylic acids is 1. The van der Waals surface area contributed by atoms with Crippen LogP contribution in [0.2, 0.25) is 0 Å². The van der Waals surface area contributed by atoms with Crippen molar-refractivity contribution in [2.24, 2.45) is 0 Å². The minimum atomic E-state index is 0.111. The lowest BCUT2D eigenvalue weighted by molar-refractivity contribution is 0.0972. The van der Waals surface area contributed by atoms with Crippen LogP contribution >= 0.6 is 11.8 Å². The van der Waals surface area contributed by atoms with Gasteiger partial charge in [-0.05, 0) is 49.8 Å². The number of benzene rings is 2. The first kappa shape index (κ1) is 14.2. The topological polar surface area (TPSA) is 20.3 Å². The van der Waals surface area contributed by atoms with Crippen LogP contribution in [0.1, 0.15) is 29.3 Å². The summed E-state index contributed by atoms with van der Waals surface area (Å²) in [5, 5.41) is 0. The van der Waals surface area contributed by atoms with Crippen LogP contribution in [0.15, 0.2) is 53.4 Å². The van der Waals surface area contributed by atoms with E-state index in [0.29, 0.717) is 0 Å². The van der Waals surface area contributed by atoms with E-state index >= 15 is 0 Å². The first-order chi connectivity index (χ1) is 10.2. The molecule has 2 aromatic carbocycles. The Kier molecular flexibility index (Phi) is 4.02. The van der Waals surface area contributed by atoms with Crippen molar-refractivity contribution < 1.29 is 4.79 Å².